The van der Waals surface area contributed by atoms with Crippen LogP contribution in [0, 0.1) is 6.92 Å². The monoisotopic (exact) mass is 289 g/mol. The number of nitrogens with zero attached hydrogens (tertiary/aromatic N) is 2. The minimum Gasteiger partial charge on any atom is -0.354 e. The molecular weight excluding hydrogens is 258 g/mol. The molecule has 1 N–H and O–H groups in total. The fourth-order valence-corrected chi connectivity index (χ4v) is 2.57. The number of hydrogen-bond donors (Lipinski definition) is 1. The highest BCUT2D eigenvalue weighted by molar-refractivity contribution is 5.42. The summed E-state index contributed by atoms with van der Waals surface area (Å²) in [5.74, 6) is 1.14. The van der Waals surface area contributed by atoms with E-state index in [1.54, 1.807) is 0 Å². The molecule has 1 heterocycles. The zero-order valence-electron chi connectivity index (χ0n) is 14.2. The van der Waals surface area contributed by atoms with Crippen LogP contribution < -0.4 is 10.2 Å². The second kappa shape index (κ2) is 7.79. The highest BCUT2D eigenvalue weighted by Gasteiger charge is 2.20. The molecule has 1 aromatic rings. The summed E-state index contributed by atoms with van der Waals surface area (Å²) in [6, 6.07) is 5.77. The van der Waals surface area contributed by atoms with Crippen molar-refractivity contribution in [3.05, 3.63) is 23.4 Å². The number of pyridine rings is 1. The van der Waals surface area contributed by atoms with Crippen molar-refractivity contribution in [2.45, 2.75) is 78.4 Å². The summed E-state index contributed by atoms with van der Waals surface area (Å²) in [4.78, 5) is 7.35. The first-order valence-electron chi connectivity index (χ1n) is 8.62. The van der Waals surface area contributed by atoms with E-state index in [-0.39, 0.29) is 0 Å². The van der Waals surface area contributed by atoms with E-state index in [1.165, 1.54) is 36.9 Å². The van der Waals surface area contributed by atoms with E-state index in [1.807, 2.05) is 0 Å². The average Bonchev–Trinajstić information content (AvgIpc) is 3.30. The molecule has 1 aliphatic carbocycles. The molecule has 1 saturated carbocycles. The number of nitrogens with one attached hydrogen (secondary N) is 1. The number of aryl methyl sites for hydroxylation is 1. The van der Waals surface area contributed by atoms with Crippen molar-refractivity contribution in [3.8, 4) is 0 Å². The Kier molecular flexibility index (Phi) is 6.04. The van der Waals surface area contributed by atoms with Gasteiger partial charge in [0.15, 0.2) is 0 Å². The van der Waals surface area contributed by atoms with E-state index in [2.05, 4.69) is 50.0 Å². The zero-order valence-corrected chi connectivity index (χ0v) is 14.2. The summed E-state index contributed by atoms with van der Waals surface area (Å²) in [5.41, 5.74) is 2.51. The Morgan fingerprint density at radius 1 is 1.33 bits per heavy atom. The van der Waals surface area contributed by atoms with E-state index >= 15 is 0 Å². The molecule has 0 aliphatic heterocycles. The largest absolute Gasteiger partial charge is 0.354 e. The molecule has 3 nitrogen and oxygen atoms in total. The first-order chi connectivity index (χ1) is 10.2. The maximum absolute atomic E-state index is 4.88. The van der Waals surface area contributed by atoms with Crippen LogP contribution in [0.5, 0.6) is 0 Å². The van der Waals surface area contributed by atoms with Crippen molar-refractivity contribution < 1.29 is 0 Å². The van der Waals surface area contributed by atoms with Gasteiger partial charge in [0.05, 0.1) is 0 Å². The molecule has 1 fully saturated rings. The molecular formula is C18H31N3. The van der Waals surface area contributed by atoms with Gasteiger partial charge < -0.3 is 10.2 Å². The first kappa shape index (κ1) is 16.3. The molecule has 1 atom stereocenters. The molecule has 0 bridgehead atoms. The van der Waals surface area contributed by atoms with Crippen LogP contribution in [-0.4, -0.2) is 23.6 Å². The number of anilines is 1. The van der Waals surface area contributed by atoms with Crippen LogP contribution in [-0.2, 0) is 6.54 Å². The predicted molar refractivity (Wildman–Crippen MR) is 90.8 cm³/mol. The molecule has 0 radical (unpaired) electrons. The third kappa shape index (κ3) is 4.70. The van der Waals surface area contributed by atoms with Gasteiger partial charge in [0.2, 0.25) is 0 Å². The Bertz CT molecular complexity index is 440. The third-order valence-electron chi connectivity index (χ3n) is 4.51. The summed E-state index contributed by atoms with van der Waals surface area (Å²) in [6.07, 6.45) is 6.30. The summed E-state index contributed by atoms with van der Waals surface area (Å²) in [6.45, 7) is 11.0. The first-order valence-corrected chi connectivity index (χ1v) is 8.62. The molecule has 0 aromatic carbocycles. The van der Waals surface area contributed by atoms with E-state index < -0.39 is 0 Å². The minimum atomic E-state index is 0.555. The highest BCUT2D eigenvalue weighted by atomic mass is 15.2. The maximum Gasteiger partial charge on any atom is 0.129 e. The normalized spacial score (nSPS) is 16.0. The van der Waals surface area contributed by atoms with Gasteiger partial charge in [-0.25, -0.2) is 4.98 Å². The van der Waals surface area contributed by atoms with Crippen molar-refractivity contribution in [1.82, 2.24) is 10.3 Å². The predicted octanol–water partition coefficient (Wildman–Crippen LogP) is 4.05. The molecule has 3 heteroatoms. The Hall–Kier alpha value is -1.09. The van der Waals surface area contributed by atoms with Crippen molar-refractivity contribution in [2.75, 3.05) is 11.4 Å². The fourth-order valence-electron chi connectivity index (χ4n) is 2.57. The van der Waals surface area contributed by atoms with Crippen LogP contribution >= 0.6 is 0 Å². The summed E-state index contributed by atoms with van der Waals surface area (Å²) >= 11 is 0. The number of hydrogen-bond acceptors (Lipinski definition) is 3. The molecule has 1 aromatic heterocycles. The van der Waals surface area contributed by atoms with Gasteiger partial charge in [-0.2, -0.15) is 0 Å². The van der Waals surface area contributed by atoms with Crippen LogP contribution in [0.2, 0.25) is 0 Å². The lowest BCUT2D eigenvalue weighted by molar-refractivity contribution is 0.588. The van der Waals surface area contributed by atoms with Gasteiger partial charge in [-0.3, -0.25) is 0 Å². The van der Waals surface area contributed by atoms with E-state index in [0.717, 1.165) is 31.4 Å². The number of aromatic nitrogens is 1. The lowest BCUT2D eigenvalue weighted by Crippen LogP contribution is -2.34. The Labute approximate surface area is 130 Å². The smallest absolute Gasteiger partial charge is 0.129 e. The molecule has 0 saturated heterocycles. The lowest BCUT2D eigenvalue weighted by Gasteiger charge is -2.30. The van der Waals surface area contributed by atoms with E-state index in [9.17, 15) is 0 Å². The van der Waals surface area contributed by atoms with Crippen LogP contribution in [0.15, 0.2) is 12.1 Å². The zero-order chi connectivity index (χ0) is 15.2. The molecule has 1 aliphatic rings. The van der Waals surface area contributed by atoms with Gasteiger partial charge in [0.25, 0.3) is 0 Å². The van der Waals surface area contributed by atoms with E-state index in [0.29, 0.717) is 6.04 Å². The molecule has 2 rings (SSSR count). The van der Waals surface area contributed by atoms with Gasteiger partial charge in [0.1, 0.15) is 5.82 Å². The van der Waals surface area contributed by atoms with Gasteiger partial charge in [-0.15, -0.1) is 0 Å². The topological polar surface area (TPSA) is 28.2 Å². The highest BCUT2D eigenvalue weighted by Crippen LogP contribution is 2.22. The summed E-state index contributed by atoms with van der Waals surface area (Å²) < 4.78 is 0. The molecule has 0 amide bonds. The Morgan fingerprint density at radius 3 is 2.67 bits per heavy atom. The van der Waals surface area contributed by atoms with Gasteiger partial charge >= 0.3 is 0 Å². The third-order valence-corrected chi connectivity index (χ3v) is 4.51. The van der Waals surface area contributed by atoms with Crippen molar-refractivity contribution in [2.24, 2.45) is 0 Å². The van der Waals surface area contributed by atoms with Crippen LogP contribution in [0.3, 0.4) is 0 Å². The molecule has 118 valence electrons. The maximum atomic E-state index is 4.88. The van der Waals surface area contributed by atoms with Crippen molar-refractivity contribution in [1.29, 1.82) is 0 Å². The molecule has 0 spiro atoms. The molecule has 21 heavy (non-hydrogen) atoms. The van der Waals surface area contributed by atoms with Crippen LogP contribution in [0.25, 0.3) is 0 Å². The van der Waals surface area contributed by atoms with Crippen molar-refractivity contribution in [3.63, 3.8) is 0 Å². The SMILES string of the molecule is CCCCN(c1ccc(CNC2CC2)c(C)n1)C(C)CC. The number of rotatable bonds is 9. The second-order valence-electron chi connectivity index (χ2n) is 6.37. The second-order valence-corrected chi connectivity index (χ2v) is 6.37. The average molecular weight is 289 g/mol. The Morgan fingerprint density at radius 2 is 2.10 bits per heavy atom. The molecule has 1 unspecified atom stereocenters. The summed E-state index contributed by atoms with van der Waals surface area (Å²) in [7, 11) is 0. The fraction of sp³-hybridized carbons (Fsp3) is 0.722. The minimum absolute atomic E-state index is 0.555. The van der Waals surface area contributed by atoms with Gasteiger partial charge in [-0.1, -0.05) is 26.3 Å². The van der Waals surface area contributed by atoms with Crippen LogP contribution in [0.1, 0.15) is 64.1 Å². The summed E-state index contributed by atoms with van der Waals surface area (Å²) in [5, 5.41) is 3.58. The van der Waals surface area contributed by atoms with Crippen molar-refractivity contribution >= 4 is 5.82 Å². The number of unbranched alkanes of at least 4 members (excludes halogenated alkanes) is 1. The quantitative estimate of drug-likeness (QED) is 0.743. The Balaban J connectivity index is 2.06. The lowest BCUT2D eigenvalue weighted by atomic mass is 10.1. The van der Waals surface area contributed by atoms with Crippen LogP contribution in [0.4, 0.5) is 5.82 Å². The van der Waals surface area contributed by atoms with Gasteiger partial charge in [0, 0.05) is 30.9 Å². The standard InChI is InChI=1S/C18H31N3/c1-5-7-12-21(14(3)6-2)18-11-8-16(15(4)20-18)13-19-17-9-10-17/h8,11,14,17,19H,5-7,9-10,12-13H2,1-4H3. The van der Waals surface area contributed by atoms with Gasteiger partial charge in [-0.05, 0) is 51.2 Å². The van der Waals surface area contributed by atoms with E-state index in [4.69, 9.17) is 4.98 Å².